The molecule has 166 valence electrons. The number of hydrogen-bond donors (Lipinski definition) is 2. The Labute approximate surface area is 191 Å². The lowest BCUT2D eigenvalue weighted by atomic mass is 10.0. The van der Waals surface area contributed by atoms with Crippen LogP contribution in [0.1, 0.15) is 36.7 Å². The third-order valence-corrected chi connectivity index (χ3v) is 5.34. The van der Waals surface area contributed by atoms with E-state index in [-0.39, 0.29) is 17.0 Å². The molecule has 0 saturated carbocycles. The molecule has 7 nitrogen and oxygen atoms in total. The molecule has 2 N–H and O–H groups in total. The Morgan fingerprint density at radius 3 is 2.52 bits per heavy atom. The highest BCUT2D eigenvalue weighted by Crippen LogP contribution is 2.24. The van der Waals surface area contributed by atoms with E-state index in [4.69, 9.17) is 5.21 Å². The Bertz CT molecular complexity index is 1420. The molecule has 2 aromatic heterocycles. The molecule has 0 unspecified atom stereocenters. The maximum Gasteiger partial charge on any atom is 0.256 e. The fourth-order valence-corrected chi connectivity index (χ4v) is 3.66. The van der Waals surface area contributed by atoms with Crippen molar-refractivity contribution >= 4 is 22.7 Å². The molecule has 0 aliphatic carbocycles. The van der Waals surface area contributed by atoms with Crippen molar-refractivity contribution in [1.82, 2.24) is 14.9 Å². The summed E-state index contributed by atoms with van der Waals surface area (Å²) in [5.41, 5.74) is 4.26. The van der Waals surface area contributed by atoms with Crippen LogP contribution in [0.25, 0.3) is 27.8 Å². The number of carbonyl (C=O) groups excluding carboxylic acids is 1. The smallest absolute Gasteiger partial charge is 0.256 e. The van der Waals surface area contributed by atoms with Crippen LogP contribution < -0.4 is 10.7 Å². The molecular weight excluding hydrogens is 416 g/mol. The fraction of sp³-hybridized carbons (Fsp3) is 0.154. The molecule has 0 bridgehead atoms. The van der Waals surface area contributed by atoms with Crippen molar-refractivity contribution in [2.75, 3.05) is 0 Å². The lowest BCUT2D eigenvalue weighted by molar-refractivity contribution is 0.0941. The van der Waals surface area contributed by atoms with Crippen molar-refractivity contribution in [3.8, 4) is 16.8 Å². The lowest BCUT2D eigenvalue weighted by Gasteiger charge is -2.15. The number of rotatable bonds is 5. The molecular formula is C26H24N4O3. The van der Waals surface area contributed by atoms with Gasteiger partial charge in [0.1, 0.15) is 11.2 Å². The van der Waals surface area contributed by atoms with Gasteiger partial charge in [-0.3, -0.25) is 9.59 Å². The van der Waals surface area contributed by atoms with E-state index in [1.807, 2.05) is 62.4 Å². The molecule has 0 atom stereocenters. The van der Waals surface area contributed by atoms with Gasteiger partial charge < -0.3 is 15.1 Å². The first-order chi connectivity index (χ1) is 15.9. The number of nitrogens with one attached hydrogen (secondary N) is 1. The SMILES string of the molecule is C/C(=N\O)c1ccc(-c2cccc(-n3cc(C(=O)NC(C)C)c(=O)c4cccnc43)c2)cc1. The second-order valence-electron chi connectivity index (χ2n) is 8.06. The van der Waals surface area contributed by atoms with E-state index in [1.165, 1.54) is 0 Å². The first-order valence-electron chi connectivity index (χ1n) is 10.6. The Kier molecular flexibility index (Phi) is 6.04. The molecule has 4 rings (SSSR count). The Hall–Kier alpha value is -4.26. The highest BCUT2D eigenvalue weighted by Gasteiger charge is 2.17. The van der Waals surface area contributed by atoms with E-state index in [9.17, 15) is 9.59 Å². The predicted octanol–water partition coefficient (Wildman–Crippen LogP) is 4.39. The van der Waals surface area contributed by atoms with Crippen LogP contribution in [-0.4, -0.2) is 32.4 Å². The molecule has 0 radical (unpaired) electrons. The summed E-state index contributed by atoms with van der Waals surface area (Å²) < 4.78 is 1.77. The highest BCUT2D eigenvalue weighted by atomic mass is 16.4. The predicted molar refractivity (Wildman–Crippen MR) is 129 cm³/mol. The Morgan fingerprint density at radius 2 is 1.82 bits per heavy atom. The monoisotopic (exact) mass is 440 g/mol. The van der Waals surface area contributed by atoms with Crippen LogP contribution in [0.2, 0.25) is 0 Å². The van der Waals surface area contributed by atoms with Crippen molar-refractivity contribution in [3.05, 3.63) is 94.4 Å². The summed E-state index contributed by atoms with van der Waals surface area (Å²) in [5.74, 6) is -0.415. The summed E-state index contributed by atoms with van der Waals surface area (Å²) in [6.45, 7) is 5.43. The number of benzene rings is 2. The zero-order chi connectivity index (χ0) is 23.5. The largest absolute Gasteiger partial charge is 0.411 e. The maximum absolute atomic E-state index is 13.0. The number of pyridine rings is 2. The van der Waals surface area contributed by atoms with Crippen LogP contribution in [0, 0.1) is 0 Å². The molecule has 0 fully saturated rings. The molecule has 33 heavy (non-hydrogen) atoms. The van der Waals surface area contributed by atoms with Gasteiger partial charge in [0.2, 0.25) is 5.43 Å². The summed E-state index contributed by atoms with van der Waals surface area (Å²) in [5, 5.41) is 15.4. The molecule has 0 aliphatic heterocycles. The van der Waals surface area contributed by atoms with E-state index < -0.39 is 5.91 Å². The maximum atomic E-state index is 13.0. The number of nitrogens with zero attached hydrogens (tertiary/aromatic N) is 3. The quantitative estimate of drug-likeness (QED) is 0.273. The van der Waals surface area contributed by atoms with Crippen LogP contribution in [0.4, 0.5) is 0 Å². The molecule has 1 amide bonds. The number of carbonyl (C=O) groups is 1. The number of fused-ring (bicyclic) bond motifs is 1. The summed E-state index contributed by atoms with van der Waals surface area (Å²) in [4.78, 5) is 30.1. The van der Waals surface area contributed by atoms with E-state index >= 15 is 0 Å². The van der Waals surface area contributed by atoms with Crippen LogP contribution >= 0.6 is 0 Å². The van der Waals surface area contributed by atoms with Crippen LogP contribution in [0.3, 0.4) is 0 Å². The summed E-state index contributed by atoms with van der Waals surface area (Å²) in [6.07, 6.45) is 3.18. The standard InChI is InChI=1S/C26H24N4O3/c1-16(2)28-26(32)23-15-30(25-22(24(23)31)8-5-13-27-25)21-7-4-6-20(14-21)19-11-9-18(10-12-19)17(3)29-33/h4-16,33H,1-3H3,(H,28,32)/b29-17+. The van der Waals surface area contributed by atoms with E-state index in [0.717, 1.165) is 22.4 Å². The van der Waals surface area contributed by atoms with Gasteiger partial charge in [0.15, 0.2) is 0 Å². The van der Waals surface area contributed by atoms with Gasteiger partial charge in [-0.2, -0.15) is 0 Å². The first-order valence-corrected chi connectivity index (χ1v) is 10.6. The van der Waals surface area contributed by atoms with Crippen molar-refractivity contribution in [3.63, 3.8) is 0 Å². The minimum Gasteiger partial charge on any atom is -0.411 e. The lowest BCUT2D eigenvalue weighted by Crippen LogP contribution is -2.34. The van der Waals surface area contributed by atoms with Gasteiger partial charge in [0.05, 0.1) is 11.1 Å². The Morgan fingerprint density at radius 1 is 1.06 bits per heavy atom. The van der Waals surface area contributed by atoms with Crippen LogP contribution in [0.5, 0.6) is 0 Å². The molecule has 0 saturated heterocycles. The molecule has 0 spiro atoms. The van der Waals surface area contributed by atoms with Gasteiger partial charge in [-0.05, 0) is 61.7 Å². The summed E-state index contributed by atoms with van der Waals surface area (Å²) >= 11 is 0. The zero-order valence-electron chi connectivity index (χ0n) is 18.6. The zero-order valence-corrected chi connectivity index (χ0v) is 18.6. The van der Waals surface area contributed by atoms with Crippen molar-refractivity contribution in [2.45, 2.75) is 26.8 Å². The van der Waals surface area contributed by atoms with E-state index in [0.29, 0.717) is 16.7 Å². The molecule has 2 aromatic carbocycles. The van der Waals surface area contributed by atoms with Crippen LogP contribution in [-0.2, 0) is 0 Å². The van der Waals surface area contributed by atoms with Gasteiger partial charge >= 0.3 is 0 Å². The average Bonchev–Trinajstić information content (AvgIpc) is 2.83. The first kappa shape index (κ1) is 22.0. The number of aromatic nitrogens is 2. The van der Waals surface area contributed by atoms with Crippen molar-refractivity contribution in [2.24, 2.45) is 5.16 Å². The molecule has 4 aromatic rings. The van der Waals surface area contributed by atoms with Crippen molar-refractivity contribution < 1.29 is 10.0 Å². The summed E-state index contributed by atoms with van der Waals surface area (Å²) in [7, 11) is 0. The summed E-state index contributed by atoms with van der Waals surface area (Å²) in [6, 6.07) is 18.7. The number of hydrogen-bond acceptors (Lipinski definition) is 5. The van der Waals surface area contributed by atoms with E-state index in [1.54, 1.807) is 36.0 Å². The minimum atomic E-state index is -0.415. The molecule has 7 heteroatoms. The second kappa shape index (κ2) is 9.08. The molecule has 0 aliphatic rings. The average molecular weight is 441 g/mol. The normalized spacial score (nSPS) is 11.7. The minimum absolute atomic E-state index is 0.0673. The molecule has 2 heterocycles. The van der Waals surface area contributed by atoms with Crippen molar-refractivity contribution in [1.29, 1.82) is 0 Å². The van der Waals surface area contributed by atoms with Gasteiger partial charge in [0, 0.05) is 24.1 Å². The third kappa shape index (κ3) is 4.39. The van der Waals surface area contributed by atoms with Gasteiger partial charge in [-0.15, -0.1) is 0 Å². The van der Waals surface area contributed by atoms with Gasteiger partial charge in [-0.1, -0.05) is 41.6 Å². The fourth-order valence-electron chi connectivity index (χ4n) is 3.66. The second-order valence-corrected chi connectivity index (χ2v) is 8.06. The number of amides is 1. The highest BCUT2D eigenvalue weighted by molar-refractivity contribution is 5.99. The van der Waals surface area contributed by atoms with E-state index in [2.05, 4.69) is 15.5 Å². The van der Waals surface area contributed by atoms with Gasteiger partial charge in [-0.25, -0.2) is 4.98 Å². The Balaban J connectivity index is 1.85. The topological polar surface area (TPSA) is 96.6 Å². The van der Waals surface area contributed by atoms with Gasteiger partial charge in [0.25, 0.3) is 5.91 Å². The van der Waals surface area contributed by atoms with Crippen LogP contribution in [0.15, 0.2) is 83.0 Å². The number of oxime groups is 1. The third-order valence-electron chi connectivity index (χ3n) is 5.34.